The summed E-state index contributed by atoms with van der Waals surface area (Å²) < 4.78 is 0. The van der Waals surface area contributed by atoms with Gasteiger partial charge < -0.3 is 20.9 Å². The summed E-state index contributed by atoms with van der Waals surface area (Å²) in [7, 11) is 0. The Bertz CT molecular complexity index is 598. The number of carbonyl (C=O) groups is 2. The lowest BCUT2D eigenvalue weighted by Crippen LogP contribution is -2.48. The number of piperidine rings is 1. The number of piperazine rings is 1. The fourth-order valence-electron chi connectivity index (χ4n) is 3.52. The van der Waals surface area contributed by atoms with Gasteiger partial charge in [-0.3, -0.25) is 9.59 Å². The Balaban J connectivity index is 1.50. The number of amides is 2. The zero-order valence-electron chi connectivity index (χ0n) is 14.8. The third-order valence-electron chi connectivity index (χ3n) is 5.04. The molecule has 2 unspecified atom stereocenters. The van der Waals surface area contributed by atoms with Gasteiger partial charge in [0.2, 0.25) is 11.8 Å². The van der Waals surface area contributed by atoms with Gasteiger partial charge in [0, 0.05) is 19.5 Å². The first-order chi connectivity index (χ1) is 12.1. The molecular weight excluding hydrogens is 318 g/mol. The van der Waals surface area contributed by atoms with Gasteiger partial charge in [-0.25, -0.2) is 4.98 Å². The quantitative estimate of drug-likeness (QED) is 0.741. The van der Waals surface area contributed by atoms with Gasteiger partial charge in [0.15, 0.2) is 0 Å². The highest BCUT2D eigenvalue weighted by Crippen LogP contribution is 2.23. The first kappa shape index (κ1) is 17.7. The molecule has 2 aliphatic heterocycles. The zero-order chi connectivity index (χ0) is 17.6. The number of hydrogen-bond acceptors (Lipinski definition) is 5. The minimum absolute atomic E-state index is 0.0108. The summed E-state index contributed by atoms with van der Waals surface area (Å²) >= 11 is 0. The van der Waals surface area contributed by atoms with Crippen LogP contribution < -0.4 is 20.9 Å². The van der Waals surface area contributed by atoms with Gasteiger partial charge in [-0.05, 0) is 49.9 Å². The summed E-state index contributed by atoms with van der Waals surface area (Å²) in [6.45, 7) is 5.95. The van der Waals surface area contributed by atoms with E-state index in [1.165, 1.54) is 12.8 Å². The minimum Gasteiger partial charge on any atom is -0.353 e. The van der Waals surface area contributed by atoms with Crippen molar-refractivity contribution in [2.24, 2.45) is 11.8 Å². The van der Waals surface area contributed by atoms with Crippen LogP contribution >= 0.6 is 0 Å². The second-order valence-electron chi connectivity index (χ2n) is 7.01. The van der Waals surface area contributed by atoms with E-state index in [1.54, 1.807) is 6.20 Å². The van der Waals surface area contributed by atoms with Gasteiger partial charge in [-0.2, -0.15) is 0 Å². The molecule has 0 radical (unpaired) electrons. The minimum atomic E-state index is 0.0108. The number of aromatic nitrogens is 1. The van der Waals surface area contributed by atoms with Crippen LogP contribution in [0.2, 0.25) is 0 Å². The highest BCUT2D eigenvalue weighted by molar-refractivity contribution is 5.90. The molecule has 25 heavy (non-hydrogen) atoms. The SMILES string of the molecule is CC(CC(=O)Nc1ccc(N2CCNC(=O)C2)nc1)C1CCCNC1. The Morgan fingerprint density at radius 2 is 2.32 bits per heavy atom. The number of hydrogen-bond donors (Lipinski definition) is 3. The molecule has 0 bridgehead atoms. The molecule has 3 rings (SSSR count). The van der Waals surface area contributed by atoms with Crippen LogP contribution in [0.3, 0.4) is 0 Å². The normalized spacial score (nSPS) is 22.2. The monoisotopic (exact) mass is 345 g/mol. The van der Waals surface area contributed by atoms with E-state index in [4.69, 9.17) is 0 Å². The van der Waals surface area contributed by atoms with Crippen molar-refractivity contribution in [3.8, 4) is 0 Å². The van der Waals surface area contributed by atoms with Crippen molar-refractivity contribution in [2.75, 3.05) is 42.9 Å². The summed E-state index contributed by atoms with van der Waals surface area (Å²) in [5.41, 5.74) is 0.698. The number of nitrogens with zero attached hydrogens (tertiary/aromatic N) is 2. The molecule has 2 amide bonds. The number of rotatable bonds is 5. The van der Waals surface area contributed by atoms with Crippen LogP contribution in [0.1, 0.15) is 26.2 Å². The van der Waals surface area contributed by atoms with Crippen LogP contribution in [0.4, 0.5) is 11.5 Å². The molecule has 7 nitrogen and oxygen atoms in total. The molecule has 136 valence electrons. The fraction of sp³-hybridized carbons (Fsp3) is 0.611. The fourth-order valence-corrected chi connectivity index (χ4v) is 3.52. The second-order valence-corrected chi connectivity index (χ2v) is 7.01. The predicted molar refractivity (Wildman–Crippen MR) is 97.5 cm³/mol. The summed E-state index contributed by atoms with van der Waals surface area (Å²) in [4.78, 5) is 30.0. The van der Waals surface area contributed by atoms with Crippen molar-refractivity contribution in [3.63, 3.8) is 0 Å². The van der Waals surface area contributed by atoms with Gasteiger partial charge in [-0.1, -0.05) is 6.92 Å². The molecule has 2 atom stereocenters. The maximum atomic E-state index is 12.3. The molecule has 1 aromatic rings. The van der Waals surface area contributed by atoms with Crippen LogP contribution in [0, 0.1) is 11.8 Å². The largest absolute Gasteiger partial charge is 0.353 e. The van der Waals surface area contributed by atoms with Gasteiger partial charge in [0.1, 0.15) is 5.82 Å². The van der Waals surface area contributed by atoms with Crippen LogP contribution in [0.5, 0.6) is 0 Å². The maximum Gasteiger partial charge on any atom is 0.239 e. The molecule has 1 aromatic heterocycles. The van der Waals surface area contributed by atoms with E-state index < -0.39 is 0 Å². The summed E-state index contributed by atoms with van der Waals surface area (Å²) in [5.74, 6) is 1.74. The molecule has 3 N–H and O–H groups in total. The molecule has 3 heterocycles. The molecule has 0 saturated carbocycles. The lowest BCUT2D eigenvalue weighted by atomic mass is 9.85. The molecule has 0 aliphatic carbocycles. The standard InChI is InChI=1S/C18H27N5O2/c1-13(14-3-2-6-19-10-14)9-17(24)22-15-4-5-16(21-11-15)23-8-7-20-18(25)12-23/h4-5,11,13-14,19H,2-3,6-10,12H2,1H3,(H,20,25)(H,22,24). The number of anilines is 2. The molecule has 2 fully saturated rings. The average Bonchev–Trinajstić information content (AvgIpc) is 2.63. The van der Waals surface area contributed by atoms with Crippen LogP contribution in [0.25, 0.3) is 0 Å². The predicted octanol–water partition coefficient (Wildman–Crippen LogP) is 0.982. The van der Waals surface area contributed by atoms with Crippen molar-refractivity contribution >= 4 is 23.3 Å². The van der Waals surface area contributed by atoms with Gasteiger partial charge in [-0.15, -0.1) is 0 Å². The van der Waals surface area contributed by atoms with E-state index in [1.807, 2.05) is 17.0 Å². The Kier molecular flexibility index (Phi) is 5.86. The van der Waals surface area contributed by atoms with Crippen LogP contribution in [-0.2, 0) is 9.59 Å². The molecule has 7 heteroatoms. The Labute approximate surface area is 148 Å². The van der Waals surface area contributed by atoms with E-state index in [2.05, 4.69) is 27.9 Å². The summed E-state index contributed by atoms with van der Waals surface area (Å²) in [6, 6.07) is 3.70. The van der Waals surface area contributed by atoms with E-state index in [0.29, 0.717) is 37.0 Å². The van der Waals surface area contributed by atoms with E-state index in [-0.39, 0.29) is 11.8 Å². The Morgan fingerprint density at radius 1 is 1.44 bits per heavy atom. The zero-order valence-corrected chi connectivity index (χ0v) is 14.8. The smallest absolute Gasteiger partial charge is 0.239 e. The average molecular weight is 345 g/mol. The van der Waals surface area contributed by atoms with Crippen molar-refractivity contribution in [1.82, 2.24) is 15.6 Å². The Morgan fingerprint density at radius 3 is 3.00 bits per heavy atom. The molecule has 0 aromatic carbocycles. The van der Waals surface area contributed by atoms with Crippen molar-refractivity contribution in [2.45, 2.75) is 26.2 Å². The van der Waals surface area contributed by atoms with Gasteiger partial charge in [0.05, 0.1) is 18.4 Å². The summed E-state index contributed by atoms with van der Waals surface area (Å²) in [6.07, 6.45) is 4.57. The molecule has 2 saturated heterocycles. The van der Waals surface area contributed by atoms with Crippen molar-refractivity contribution in [3.05, 3.63) is 18.3 Å². The lowest BCUT2D eigenvalue weighted by molar-refractivity contribution is -0.120. The maximum absolute atomic E-state index is 12.3. The van der Waals surface area contributed by atoms with E-state index in [0.717, 1.165) is 25.5 Å². The lowest BCUT2D eigenvalue weighted by Gasteiger charge is -2.28. The molecule has 0 spiro atoms. The first-order valence-corrected chi connectivity index (χ1v) is 9.10. The third-order valence-corrected chi connectivity index (χ3v) is 5.04. The van der Waals surface area contributed by atoms with E-state index in [9.17, 15) is 9.59 Å². The van der Waals surface area contributed by atoms with Crippen LogP contribution in [0.15, 0.2) is 18.3 Å². The molecule has 2 aliphatic rings. The number of carbonyl (C=O) groups excluding carboxylic acids is 2. The van der Waals surface area contributed by atoms with Crippen LogP contribution in [-0.4, -0.2) is 49.5 Å². The van der Waals surface area contributed by atoms with Gasteiger partial charge >= 0.3 is 0 Å². The Hall–Kier alpha value is -2.15. The summed E-state index contributed by atoms with van der Waals surface area (Å²) in [5, 5.41) is 9.13. The van der Waals surface area contributed by atoms with Crippen molar-refractivity contribution in [1.29, 1.82) is 0 Å². The number of pyridine rings is 1. The first-order valence-electron chi connectivity index (χ1n) is 9.10. The highest BCUT2D eigenvalue weighted by Gasteiger charge is 2.22. The highest BCUT2D eigenvalue weighted by atomic mass is 16.2. The van der Waals surface area contributed by atoms with Crippen molar-refractivity contribution < 1.29 is 9.59 Å². The topological polar surface area (TPSA) is 86.4 Å². The van der Waals surface area contributed by atoms with E-state index >= 15 is 0 Å². The molecular formula is C18H27N5O2. The third kappa shape index (κ3) is 4.92. The number of nitrogens with one attached hydrogen (secondary N) is 3. The second kappa shape index (κ2) is 8.29. The van der Waals surface area contributed by atoms with Gasteiger partial charge in [0.25, 0.3) is 0 Å².